The average Bonchev–Trinajstić information content (AvgIpc) is 1.67. The van der Waals surface area contributed by atoms with Gasteiger partial charge in [-0.1, -0.05) is 6.92 Å². The Morgan fingerprint density at radius 1 is 1.62 bits per heavy atom. The van der Waals surface area contributed by atoms with Crippen molar-refractivity contribution in [2.45, 2.75) is 31.9 Å². The number of ether oxygens (including phenoxy) is 1. The fourth-order valence-corrected chi connectivity index (χ4v) is 0.333. The van der Waals surface area contributed by atoms with Crippen molar-refractivity contribution in [1.29, 1.82) is 0 Å². The van der Waals surface area contributed by atoms with E-state index < -0.39 is 0 Å². The van der Waals surface area contributed by atoms with Crippen LogP contribution in [0.2, 0.25) is 5.54 Å². The Hall–Kier alpha value is 0.177. The van der Waals surface area contributed by atoms with Crippen molar-refractivity contribution >= 4 is 10.2 Å². The van der Waals surface area contributed by atoms with Crippen LogP contribution in [0.3, 0.4) is 0 Å². The topological polar surface area (TPSA) is 9.23 Å². The second kappa shape index (κ2) is 2.64. The second-order valence-electron chi connectivity index (χ2n) is 2.90. The van der Waals surface area contributed by atoms with E-state index >= 15 is 0 Å². The van der Waals surface area contributed by atoms with Crippen molar-refractivity contribution in [1.82, 2.24) is 0 Å². The van der Waals surface area contributed by atoms with Crippen LogP contribution in [-0.2, 0) is 4.74 Å². The van der Waals surface area contributed by atoms with Gasteiger partial charge in [-0.15, -0.1) is 0 Å². The molecule has 0 aromatic heterocycles. The summed E-state index contributed by atoms with van der Waals surface area (Å²) in [7, 11) is 4.57. The first kappa shape index (κ1) is 8.18. The summed E-state index contributed by atoms with van der Waals surface area (Å²) in [5, 5.41) is 0. The van der Waals surface area contributed by atoms with Gasteiger partial charge in [0.15, 0.2) is 0 Å². The molecule has 49 valence electrons. The van der Waals surface area contributed by atoms with Gasteiger partial charge in [0.05, 0.1) is 12.7 Å². The zero-order valence-corrected chi connectivity index (χ0v) is 8.19. The molecule has 1 nitrogen and oxygen atoms in total. The molecule has 1 atom stereocenters. The number of hydrogen-bond acceptors (Lipinski definition) is 1. The number of rotatable bonds is 2. The highest BCUT2D eigenvalue weighted by Crippen LogP contribution is 2.21. The Morgan fingerprint density at radius 3 is 2.00 bits per heavy atom. The predicted molar refractivity (Wildman–Crippen MR) is 39.9 cm³/mol. The van der Waals surface area contributed by atoms with Gasteiger partial charge in [-0.3, -0.25) is 0 Å². The molecule has 0 aromatic rings. The van der Waals surface area contributed by atoms with Gasteiger partial charge in [0.1, 0.15) is 0 Å². The lowest BCUT2D eigenvalue weighted by molar-refractivity contribution is 0.0497. The SMILES string of the molecule is [CH2]OC(C)(C)C(C)[SiH3]. The predicted octanol–water partition coefficient (Wildman–Crippen LogP) is 0.747. The molecule has 0 spiro atoms. The molecule has 2 heteroatoms. The lowest BCUT2D eigenvalue weighted by atomic mass is 10.1. The largest absolute Gasteiger partial charge is 0.373 e. The lowest BCUT2D eigenvalue weighted by Crippen LogP contribution is -2.26. The van der Waals surface area contributed by atoms with E-state index in [4.69, 9.17) is 4.74 Å². The normalized spacial score (nSPS) is 16.5. The van der Waals surface area contributed by atoms with Gasteiger partial charge in [0, 0.05) is 10.2 Å². The molecule has 0 aliphatic carbocycles. The maximum absolute atomic E-state index is 4.98. The molecule has 0 saturated heterocycles. The van der Waals surface area contributed by atoms with Crippen molar-refractivity contribution in [3.8, 4) is 0 Å². The van der Waals surface area contributed by atoms with E-state index in [9.17, 15) is 0 Å². The van der Waals surface area contributed by atoms with E-state index in [1.54, 1.807) is 0 Å². The molecule has 0 N–H and O–H groups in total. The summed E-state index contributed by atoms with van der Waals surface area (Å²) >= 11 is 0. The Labute approximate surface area is 54.8 Å². The van der Waals surface area contributed by atoms with Crippen LogP contribution < -0.4 is 0 Å². The summed E-state index contributed by atoms with van der Waals surface area (Å²) in [5.41, 5.74) is 0.659. The molecular formula is C6H15OSi. The quantitative estimate of drug-likeness (QED) is 0.502. The highest BCUT2D eigenvalue weighted by molar-refractivity contribution is 6.12. The smallest absolute Gasteiger partial charge is 0.0707 e. The van der Waals surface area contributed by atoms with E-state index in [1.165, 1.54) is 10.2 Å². The molecule has 8 heavy (non-hydrogen) atoms. The Bertz CT molecular complexity index is 68.9. The molecule has 0 aromatic carbocycles. The minimum absolute atomic E-state index is 0.00772. The van der Waals surface area contributed by atoms with Crippen molar-refractivity contribution in [3.05, 3.63) is 7.11 Å². The number of hydrogen-bond donors (Lipinski definition) is 0. The summed E-state index contributed by atoms with van der Waals surface area (Å²) < 4.78 is 4.98. The van der Waals surface area contributed by atoms with Crippen LogP contribution in [0.4, 0.5) is 0 Å². The van der Waals surface area contributed by atoms with Gasteiger partial charge in [0.2, 0.25) is 0 Å². The lowest BCUT2D eigenvalue weighted by Gasteiger charge is -2.26. The minimum atomic E-state index is -0.00772. The Kier molecular flexibility index (Phi) is 2.70. The highest BCUT2D eigenvalue weighted by atomic mass is 28.1. The summed E-state index contributed by atoms with van der Waals surface area (Å²) in [5.74, 6) is 0. The van der Waals surface area contributed by atoms with Crippen molar-refractivity contribution < 1.29 is 4.74 Å². The van der Waals surface area contributed by atoms with Crippen LogP contribution in [0.1, 0.15) is 20.8 Å². The molecule has 0 aliphatic rings. The third kappa shape index (κ3) is 1.97. The zero-order chi connectivity index (χ0) is 6.78. The molecule has 0 aliphatic heterocycles. The molecule has 0 rings (SSSR count). The van der Waals surface area contributed by atoms with E-state index in [-0.39, 0.29) is 5.60 Å². The molecule has 1 radical (unpaired) electrons. The van der Waals surface area contributed by atoms with E-state index in [1.807, 2.05) is 0 Å². The first-order valence-corrected chi connectivity index (χ1v) is 4.09. The first-order valence-electron chi connectivity index (χ1n) is 2.94. The van der Waals surface area contributed by atoms with E-state index in [0.29, 0.717) is 5.54 Å². The summed E-state index contributed by atoms with van der Waals surface area (Å²) in [6, 6.07) is 0. The second-order valence-corrected chi connectivity index (χ2v) is 4.63. The molecule has 0 saturated carbocycles. The van der Waals surface area contributed by atoms with Crippen molar-refractivity contribution in [2.24, 2.45) is 0 Å². The van der Waals surface area contributed by atoms with Crippen LogP contribution in [0.25, 0.3) is 0 Å². The van der Waals surface area contributed by atoms with Crippen LogP contribution in [0, 0.1) is 7.11 Å². The third-order valence-corrected chi connectivity index (χ3v) is 3.15. The highest BCUT2D eigenvalue weighted by Gasteiger charge is 2.20. The maximum atomic E-state index is 4.98. The van der Waals surface area contributed by atoms with Gasteiger partial charge in [-0.25, -0.2) is 0 Å². The summed E-state index contributed by atoms with van der Waals surface area (Å²) in [6.45, 7) is 6.31. The molecular weight excluding hydrogens is 116 g/mol. The molecule has 0 amide bonds. The standard InChI is InChI=1S/C6H15OSi/c1-5(8)6(2,3)7-4/h5H,4H2,1-3,8H3. The van der Waals surface area contributed by atoms with Crippen molar-refractivity contribution in [2.75, 3.05) is 0 Å². The van der Waals surface area contributed by atoms with Crippen LogP contribution in [0.5, 0.6) is 0 Å². The Morgan fingerprint density at radius 2 is 2.00 bits per heavy atom. The fraction of sp³-hybridized carbons (Fsp3) is 0.833. The Balaban J connectivity index is 3.71. The molecule has 0 fully saturated rings. The van der Waals surface area contributed by atoms with E-state index in [0.717, 1.165) is 0 Å². The van der Waals surface area contributed by atoms with E-state index in [2.05, 4.69) is 27.9 Å². The van der Waals surface area contributed by atoms with Crippen molar-refractivity contribution in [3.63, 3.8) is 0 Å². The van der Waals surface area contributed by atoms with Crippen LogP contribution in [-0.4, -0.2) is 15.8 Å². The third-order valence-electron chi connectivity index (χ3n) is 1.76. The van der Waals surface area contributed by atoms with Gasteiger partial charge < -0.3 is 4.74 Å². The average molecular weight is 131 g/mol. The molecule has 0 heterocycles. The minimum Gasteiger partial charge on any atom is -0.373 e. The first-order chi connectivity index (χ1) is 3.50. The van der Waals surface area contributed by atoms with Gasteiger partial charge in [0.25, 0.3) is 0 Å². The van der Waals surface area contributed by atoms with Gasteiger partial charge in [-0.2, -0.15) is 0 Å². The van der Waals surface area contributed by atoms with Gasteiger partial charge >= 0.3 is 0 Å². The summed E-state index contributed by atoms with van der Waals surface area (Å²) in [4.78, 5) is 0. The summed E-state index contributed by atoms with van der Waals surface area (Å²) in [6.07, 6.45) is 0. The molecule has 1 unspecified atom stereocenters. The van der Waals surface area contributed by atoms with Crippen LogP contribution in [0.15, 0.2) is 0 Å². The van der Waals surface area contributed by atoms with Gasteiger partial charge in [-0.05, 0) is 19.4 Å². The monoisotopic (exact) mass is 131 g/mol. The zero-order valence-electron chi connectivity index (χ0n) is 6.19. The maximum Gasteiger partial charge on any atom is 0.0707 e. The van der Waals surface area contributed by atoms with Crippen LogP contribution >= 0.6 is 0 Å². The fourth-order valence-electron chi connectivity index (χ4n) is 0.167. The molecule has 0 bridgehead atoms.